The molecule has 2 atom stereocenters. The van der Waals surface area contributed by atoms with Crippen molar-refractivity contribution < 1.29 is 19.5 Å². The van der Waals surface area contributed by atoms with Crippen molar-refractivity contribution in [2.24, 2.45) is 11.7 Å². The Morgan fingerprint density at radius 1 is 1.50 bits per heavy atom. The zero-order chi connectivity index (χ0) is 16.3. The molecule has 0 saturated carbocycles. The minimum Gasteiger partial charge on any atom is -0.480 e. The molecule has 7 heteroatoms. The van der Waals surface area contributed by atoms with Gasteiger partial charge in [0.15, 0.2) is 0 Å². The second kappa shape index (κ2) is 6.26. The summed E-state index contributed by atoms with van der Waals surface area (Å²) in [6, 6.07) is 7.46. The molecule has 22 heavy (non-hydrogen) atoms. The summed E-state index contributed by atoms with van der Waals surface area (Å²) in [5.41, 5.74) is 6.25. The van der Waals surface area contributed by atoms with Crippen molar-refractivity contribution in [2.45, 2.75) is 18.9 Å². The lowest BCUT2D eigenvalue weighted by Gasteiger charge is -2.24. The van der Waals surface area contributed by atoms with E-state index in [0.717, 1.165) is 0 Å². The lowest BCUT2D eigenvalue weighted by molar-refractivity contribution is -0.148. The first-order chi connectivity index (χ1) is 10.4. The number of amides is 2. The zero-order valence-corrected chi connectivity index (χ0v) is 11.7. The van der Waals surface area contributed by atoms with E-state index in [-0.39, 0.29) is 19.4 Å². The van der Waals surface area contributed by atoms with E-state index in [2.05, 4.69) is 0 Å². The molecule has 0 aromatic heterocycles. The highest BCUT2D eigenvalue weighted by Crippen LogP contribution is 2.22. The summed E-state index contributed by atoms with van der Waals surface area (Å²) in [6.07, 6.45) is 0.0133. The third-order valence-corrected chi connectivity index (χ3v) is 3.71. The molecule has 114 valence electrons. The Morgan fingerprint density at radius 3 is 2.77 bits per heavy atom. The third-order valence-electron chi connectivity index (χ3n) is 3.71. The van der Waals surface area contributed by atoms with Crippen LogP contribution in [0.25, 0.3) is 0 Å². The predicted molar refractivity (Wildman–Crippen MR) is 75.3 cm³/mol. The fraction of sp³-hybridized carbons (Fsp3) is 0.333. The van der Waals surface area contributed by atoms with Crippen molar-refractivity contribution in [3.8, 4) is 6.07 Å². The Morgan fingerprint density at radius 2 is 2.23 bits per heavy atom. The number of aliphatic carboxylic acids is 1. The molecule has 1 aromatic rings. The monoisotopic (exact) mass is 301 g/mol. The number of carboxylic acid groups (broad SMARTS) is 1. The summed E-state index contributed by atoms with van der Waals surface area (Å²) < 4.78 is 0. The second-order valence-corrected chi connectivity index (χ2v) is 5.22. The van der Waals surface area contributed by atoms with Gasteiger partial charge >= 0.3 is 5.97 Å². The number of benzene rings is 1. The number of carboxylic acids is 1. The van der Waals surface area contributed by atoms with E-state index in [1.807, 2.05) is 6.07 Å². The van der Waals surface area contributed by atoms with Crippen LogP contribution in [0, 0.1) is 17.2 Å². The molecule has 7 nitrogen and oxygen atoms in total. The minimum atomic E-state index is -1.15. The van der Waals surface area contributed by atoms with Gasteiger partial charge in [0.25, 0.3) is 0 Å². The van der Waals surface area contributed by atoms with Gasteiger partial charge in [0.2, 0.25) is 11.8 Å². The van der Waals surface area contributed by atoms with Gasteiger partial charge in [-0.15, -0.1) is 0 Å². The molecule has 0 spiro atoms. The Balaban J connectivity index is 2.20. The normalized spacial score (nSPS) is 18.8. The van der Waals surface area contributed by atoms with E-state index < -0.39 is 29.7 Å². The highest BCUT2D eigenvalue weighted by molar-refractivity contribution is 5.91. The highest BCUT2D eigenvalue weighted by Gasteiger charge is 2.39. The van der Waals surface area contributed by atoms with Gasteiger partial charge in [0.1, 0.15) is 6.04 Å². The fourth-order valence-electron chi connectivity index (χ4n) is 2.55. The van der Waals surface area contributed by atoms with Crippen LogP contribution in [0.2, 0.25) is 0 Å². The van der Waals surface area contributed by atoms with Crippen LogP contribution >= 0.6 is 0 Å². The van der Waals surface area contributed by atoms with Gasteiger partial charge in [-0.3, -0.25) is 9.59 Å². The average molecular weight is 301 g/mol. The van der Waals surface area contributed by atoms with Crippen molar-refractivity contribution in [1.29, 1.82) is 5.26 Å². The molecule has 0 aliphatic carbocycles. The molecule has 1 fully saturated rings. The van der Waals surface area contributed by atoms with Gasteiger partial charge in [-0.1, -0.05) is 12.1 Å². The molecule has 0 radical (unpaired) electrons. The number of hydrogen-bond acceptors (Lipinski definition) is 4. The van der Waals surface area contributed by atoms with Crippen molar-refractivity contribution in [3.63, 3.8) is 0 Å². The maximum absolute atomic E-state index is 12.0. The van der Waals surface area contributed by atoms with Crippen LogP contribution in [0.15, 0.2) is 24.3 Å². The molecule has 1 heterocycles. The zero-order valence-electron chi connectivity index (χ0n) is 11.7. The van der Waals surface area contributed by atoms with E-state index in [1.54, 1.807) is 24.3 Å². The topological polar surface area (TPSA) is 124 Å². The van der Waals surface area contributed by atoms with Crippen LogP contribution in [0.1, 0.15) is 17.5 Å². The Bertz CT molecular complexity index is 665. The van der Waals surface area contributed by atoms with Crippen molar-refractivity contribution >= 4 is 17.8 Å². The van der Waals surface area contributed by atoms with Gasteiger partial charge in [0, 0.05) is 19.4 Å². The van der Waals surface area contributed by atoms with Crippen LogP contribution in [0.4, 0.5) is 0 Å². The maximum Gasteiger partial charge on any atom is 0.326 e. The van der Waals surface area contributed by atoms with Gasteiger partial charge in [-0.25, -0.2) is 4.79 Å². The second-order valence-electron chi connectivity index (χ2n) is 5.22. The predicted octanol–water partition coefficient (Wildman–Crippen LogP) is -0.112. The molecule has 1 aliphatic heterocycles. The van der Waals surface area contributed by atoms with E-state index in [4.69, 9.17) is 11.0 Å². The first kappa shape index (κ1) is 15.5. The van der Waals surface area contributed by atoms with Gasteiger partial charge in [0.05, 0.1) is 17.6 Å². The molecular formula is C15H15N3O4. The quantitative estimate of drug-likeness (QED) is 0.785. The summed E-state index contributed by atoms with van der Waals surface area (Å²) >= 11 is 0. The number of nitrogens with zero attached hydrogens (tertiary/aromatic N) is 2. The highest BCUT2D eigenvalue weighted by atomic mass is 16.4. The summed E-state index contributed by atoms with van der Waals surface area (Å²) in [4.78, 5) is 35.8. The van der Waals surface area contributed by atoms with Gasteiger partial charge in [-0.05, 0) is 17.7 Å². The van der Waals surface area contributed by atoms with E-state index in [9.17, 15) is 19.5 Å². The molecule has 1 aromatic carbocycles. The molecular weight excluding hydrogens is 286 g/mol. The molecule has 1 saturated heterocycles. The first-order valence-electron chi connectivity index (χ1n) is 6.73. The Hall–Kier alpha value is -2.88. The number of rotatable bonds is 5. The fourth-order valence-corrected chi connectivity index (χ4v) is 2.55. The largest absolute Gasteiger partial charge is 0.480 e. The molecule has 1 aliphatic rings. The number of likely N-dealkylation sites (tertiary alicyclic amines) is 1. The van der Waals surface area contributed by atoms with Crippen molar-refractivity contribution in [2.75, 3.05) is 6.54 Å². The number of primary amides is 1. The maximum atomic E-state index is 12.0. The number of nitrogens with two attached hydrogens (primary N) is 1. The SMILES string of the molecule is N#Cc1cccc(C[C@@H](C(=O)O)N2CC(C(N)=O)CC2=O)c1. The lowest BCUT2D eigenvalue weighted by Crippen LogP contribution is -2.44. The Labute approximate surface area is 126 Å². The van der Waals surface area contributed by atoms with Crippen molar-refractivity contribution in [3.05, 3.63) is 35.4 Å². The van der Waals surface area contributed by atoms with Crippen LogP contribution in [-0.2, 0) is 20.8 Å². The summed E-state index contributed by atoms with van der Waals surface area (Å²) in [5, 5.41) is 18.3. The summed E-state index contributed by atoms with van der Waals surface area (Å²) in [7, 11) is 0. The van der Waals surface area contributed by atoms with E-state index in [1.165, 1.54) is 4.90 Å². The van der Waals surface area contributed by atoms with Gasteiger partial charge < -0.3 is 15.7 Å². The molecule has 0 bridgehead atoms. The molecule has 1 unspecified atom stereocenters. The van der Waals surface area contributed by atoms with Crippen LogP contribution < -0.4 is 5.73 Å². The number of hydrogen-bond donors (Lipinski definition) is 2. The number of carbonyl (C=O) groups is 3. The minimum absolute atomic E-state index is 0.0169. The molecule has 2 amide bonds. The van der Waals surface area contributed by atoms with Crippen molar-refractivity contribution in [1.82, 2.24) is 4.90 Å². The van der Waals surface area contributed by atoms with E-state index in [0.29, 0.717) is 11.1 Å². The average Bonchev–Trinajstić information content (AvgIpc) is 2.86. The van der Waals surface area contributed by atoms with Crippen LogP contribution in [0.5, 0.6) is 0 Å². The smallest absolute Gasteiger partial charge is 0.326 e. The summed E-state index contributed by atoms with van der Waals surface area (Å²) in [6.45, 7) is 0.0169. The standard InChI is InChI=1S/C15H15N3O4/c16-7-10-3-1-2-9(4-10)5-12(15(21)22)18-8-11(14(17)20)6-13(18)19/h1-4,11-12H,5-6,8H2,(H2,17,20)(H,21,22)/t11?,12-/m0/s1. The van der Waals surface area contributed by atoms with Crippen LogP contribution in [0.3, 0.4) is 0 Å². The summed E-state index contributed by atoms with van der Waals surface area (Å²) in [5.74, 6) is -2.81. The van der Waals surface area contributed by atoms with Gasteiger partial charge in [-0.2, -0.15) is 5.26 Å². The number of nitriles is 1. The van der Waals surface area contributed by atoms with E-state index >= 15 is 0 Å². The van der Waals surface area contributed by atoms with Crippen LogP contribution in [-0.4, -0.2) is 40.4 Å². The lowest BCUT2D eigenvalue weighted by atomic mass is 10.0. The molecule has 2 rings (SSSR count). The Kier molecular flexibility index (Phi) is 4.41. The molecule has 3 N–H and O–H groups in total. The number of carbonyl (C=O) groups excluding carboxylic acids is 2. The third kappa shape index (κ3) is 3.23. The first-order valence-corrected chi connectivity index (χ1v) is 6.73.